The number of anilines is 2. The highest BCUT2D eigenvalue weighted by molar-refractivity contribution is 5.91. The molecule has 0 unspecified atom stereocenters. The van der Waals surface area contributed by atoms with Crippen LogP contribution >= 0.6 is 0 Å². The Labute approximate surface area is 145 Å². The van der Waals surface area contributed by atoms with Crippen LogP contribution in [-0.4, -0.2) is 28.5 Å². The van der Waals surface area contributed by atoms with Crippen molar-refractivity contribution in [2.75, 3.05) is 23.3 Å². The van der Waals surface area contributed by atoms with Gasteiger partial charge in [0.15, 0.2) is 0 Å². The van der Waals surface area contributed by atoms with Crippen molar-refractivity contribution in [3.63, 3.8) is 0 Å². The van der Waals surface area contributed by atoms with Gasteiger partial charge in [0.2, 0.25) is 11.9 Å². The van der Waals surface area contributed by atoms with E-state index in [4.69, 9.17) is 0 Å². The second-order valence-electron chi connectivity index (χ2n) is 6.32. The minimum atomic E-state index is -0.423. The average molecular weight is 344 g/mol. The number of halogens is 1. The zero-order valence-electron chi connectivity index (χ0n) is 14.4. The fraction of sp³-hybridized carbons (Fsp3) is 0.389. The summed E-state index contributed by atoms with van der Waals surface area (Å²) in [4.78, 5) is 31.3. The Morgan fingerprint density at radius 2 is 1.96 bits per heavy atom. The van der Waals surface area contributed by atoms with Gasteiger partial charge in [0.1, 0.15) is 12.4 Å². The Morgan fingerprint density at radius 3 is 2.68 bits per heavy atom. The van der Waals surface area contributed by atoms with Crippen molar-refractivity contribution in [1.29, 1.82) is 0 Å². The predicted molar refractivity (Wildman–Crippen MR) is 94.4 cm³/mol. The topological polar surface area (TPSA) is 67.2 Å². The molecule has 0 atom stereocenters. The third kappa shape index (κ3) is 3.87. The number of hydrogen-bond acceptors (Lipinski definition) is 4. The normalized spacial score (nSPS) is 14.0. The molecule has 2 aromatic rings. The van der Waals surface area contributed by atoms with E-state index in [-0.39, 0.29) is 18.0 Å². The van der Waals surface area contributed by atoms with Gasteiger partial charge < -0.3 is 10.2 Å². The maximum absolute atomic E-state index is 13.4. The first kappa shape index (κ1) is 17.1. The standard InChI is InChI=1S/C18H21FN4O2/c1-12-5-6-14(19)10-15(12)21-16(24)11-23-17(25)9-13(2)20-18(23)22-7-3-4-8-22/h5-6,9-10H,3-4,7-8,11H2,1-2H3,(H,21,24). The van der Waals surface area contributed by atoms with E-state index in [0.717, 1.165) is 31.5 Å². The lowest BCUT2D eigenvalue weighted by molar-refractivity contribution is -0.116. The van der Waals surface area contributed by atoms with Gasteiger partial charge in [0, 0.05) is 30.5 Å². The van der Waals surface area contributed by atoms with Gasteiger partial charge in [-0.15, -0.1) is 0 Å². The fourth-order valence-corrected chi connectivity index (χ4v) is 2.97. The van der Waals surface area contributed by atoms with E-state index in [9.17, 15) is 14.0 Å². The first-order valence-electron chi connectivity index (χ1n) is 8.33. The molecule has 132 valence electrons. The molecule has 1 aromatic carbocycles. The molecule has 7 heteroatoms. The van der Waals surface area contributed by atoms with Crippen LogP contribution in [0.3, 0.4) is 0 Å². The Kier molecular flexibility index (Phi) is 4.83. The minimum Gasteiger partial charge on any atom is -0.342 e. The van der Waals surface area contributed by atoms with Crippen LogP contribution in [0.4, 0.5) is 16.0 Å². The van der Waals surface area contributed by atoms with E-state index in [1.807, 2.05) is 4.90 Å². The van der Waals surface area contributed by atoms with Gasteiger partial charge in [-0.25, -0.2) is 9.37 Å². The van der Waals surface area contributed by atoms with Crippen molar-refractivity contribution < 1.29 is 9.18 Å². The summed E-state index contributed by atoms with van der Waals surface area (Å²) in [5, 5.41) is 2.67. The number of hydrogen-bond donors (Lipinski definition) is 1. The summed E-state index contributed by atoms with van der Waals surface area (Å²) in [5.74, 6) is -0.289. The molecule has 1 aliphatic rings. The molecule has 2 heterocycles. The van der Waals surface area contributed by atoms with Crippen molar-refractivity contribution in [2.45, 2.75) is 33.2 Å². The SMILES string of the molecule is Cc1cc(=O)n(CC(=O)Nc2cc(F)ccc2C)c(N2CCCC2)n1. The molecule has 1 amide bonds. The molecule has 3 rings (SSSR count). The van der Waals surface area contributed by atoms with Crippen LogP contribution in [0.5, 0.6) is 0 Å². The molecule has 0 aliphatic carbocycles. The fourth-order valence-electron chi connectivity index (χ4n) is 2.97. The van der Waals surface area contributed by atoms with Gasteiger partial charge in [0.05, 0.1) is 0 Å². The van der Waals surface area contributed by atoms with E-state index < -0.39 is 5.82 Å². The number of aryl methyl sites for hydroxylation is 2. The molecular formula is C18H21FN4O2. The Morgan fingerprint density at radius 1 is 1.24 bits per heavy atom. The van der Waals surface area contributed by atoms with E-state index in [1.165, 1.54) is 22.8 Å². The summed E-state index contributed by atoms with van der Waals surface area (Å²) in [6.45, 7) is 5.03. The summed E-state index contributed by atoms with van der Waals surface area (Å²) in [6.07, 6.45) is 2.08. The molecule has 6 nitrogen and oxygen atoms in total. The smallest absolute Gasteiger partial charge is 0.255 e. The maximum Gasteiger partial charge on any atom is 0.255 e. The van der Waals surface area contributed by atoms with Crippen molar-refractivity contribution in [3.8, 4) is 0 Å². The number of nitrogens with zero attached hydrogens (tertiary/aromatic N) is 3. The van der Waals surface area contributed by atoms with E-state index >= 15 is 0 Å². The summed E-state index contributed by atoms with van der Waals surface area (Å²) in [5.41, 5.74) is 1.52. The second-order valence-corrected chi connectivity index (χ2v) is 6.32. The van der Waals surface area contributed by atoms with Crippen LogP contribution in [0, 0.1) is 19.7 Å². The van der Waals surface area contributed by atoms with E-state index in [0.29, 0.717) is 17.3 Å². The van der Waals surface area contributed by atoms with Crippen LogP contribution in [0.1, 0.15) is 24.1 Å². The number of nitrogens with one attached hydrogen (secondary N) is 1. The average Bonchev–Trinajstić information content (AvgIpc) is 3.07. The van der Waals surface area contributed by atoms with Gasteiger partial charge in [-0.3, -0.25) is 14.2 Å². The highest BCUT2D eigenvalue weighted by atomic mass is 19.1. The number of carbonyl (C=O) groups is 1. The molecule has 1 saturated heterocycles. The zero-order chi connectivity index (χ0) is 18.0. The van der Waals surface area contributed by atoms with Crippen molar-refractivity contribution in [3.05, 3.63) is 51.7 Å². The Balaban J connectivity index is 1.85. The van der Waals surface area contributed by atoms with Gasteiger partial charge in [-0.05, 0) is 44.4 Å². The molecule has 0 spiro atoms. The molecule has 1 N–H and O–H groups in total. The second kappa shape index (κ2) is 7.04. The van der Waals surface area contributed by atoms with Crippen molar-refractivity contribution in [1.82, 2.24) is 9.55 Å². The molecule has 1 aliphatic heterocycles. The lowest BCUT2D eigenvalue weighted by Gasteiger charge is -2.21. The summed E-state index contributed by atoms with van der Waals surface area (Å²) in [6, 6.07) is 5.62. The highest BCUT2D eigenvalue weighted by Crippen LogP contribution is 2.18. The van der Waals surface area contributed by atoms with Gasteiger partial charge in [-0.2, -0.15) is 0 Å². The highest BCUT2D eigenvalue weighted by Gasteiger charge is 2.20. The first-order valence-corrected chi connectivity index (χ1v) is 8.33. The molecule has 25 heavy (non-hydrogen) atoms. The molecule has 0 bridgehead atoms. The van der Waals surface area contributed by atoms with Gasteiger partial charge in [0.25, 0.3) is 5.56 Å². The quantitative estimate of drug-likeness (QED) is 0.924. The van der Waals surface area contributed by atoms with Crippen LogP contribution in [0.15, 0.2) is 29.1 Å². The van der Waals surface area contributed by atoms with Gasteiger partial charge in [-0.1, -0.05) is 6.07 Å². The molecular weight excluding hydrogens is 323 g/mol. The number of amides is 1. The predicted octanol–water partition coefficient (Wildman–Crippen LogP) is 2.24. The molecule has 1 aromatic heterocycles. The molecule has 0 radical (unpaired) electrons. The zero-order valence-corrected chi connectivity index (χ0v) is 14.4. The first-order chi connectivity index (χ1) is 11.9. The third-order valence-electron chi connectivity index (χ3n) is 4.28. The largest absolute Gasteiger partial charge is 0.342 e. The lowest BCUT2D eigenvalue weighted by atomic mass is 10.2. The number of aromatic nitrogens is 2. The number of rotatable bonds is 4. The number of benzene rings is 1. The number of carbonyl (C=O) groups excluding carboxylic acids is 1. The lowest BCUT2D eigenvalue weighted by Crippen LogP contribution is -2.34. The maximum atomic E-state index is 13.4. The summed E-state index contributed by atoms with van der Waals surface area (Å²) in [7, 11) is 0. The van der Waals surface area contributed by atoms with E-state index in [1.54, 1.807) is 19.9 Å². The van der Waals surface area contributed by atoms with Crippen molar-refractivity contribution >= 4 is 17.5 Å². The van der Waals surface area contributed by atoms with Gasteiger partial charge >= 0.3 is 0 Å². The van der Waals surface area contributed by atoms with E-state index in [2.05, 4.69) is 10.3 Å². The Hall–Kier alpha value is -2.70. The summed E-state index contributed by atoms with van der Waals surface area (Å²) >= 11 is 0. The minimum absolute atomic E-state index is 0.159. The van der Waals surface area contributed by atoms with Crippen LogP contribution in [-0.2, 0) is 11.3 Å². The van der Waals surface area contributed by atoms with Crippen molar-refractivity contribution in [2.24, 2.45) is 0 Å². The third-order valence-corrected chi connectivity index (χ3v) is 4.28. The molecule has 1 fully saturated rings. The van der Waals surface area contributed by atoms with Crippen LogP contribution < -0.4 is 15.8 Å². The van der Waals surface area contributed by atoms with Crippen LogP contribution in [0.25, 0.3) is 0 Å². The monoisotopic (exact) mass is 344 g/mol. The summed E-state index contributed by atoms with van der Waals surface area (Å²) < 4.78 is 14.8. The molecule has 0 saturated carbocycles. The Bertz CT molecular complexity index is 857. The van der Waals surface area contributed by atoms with Crippen LogP contribution in [0.2, 0.25) is 0 Å².